The summed E-state index contributed by atoms with van der Waals surface area (Å²) in [6.45, 7) is 3.10. The molecule has 1 aromatic rings. The van der Waals surface area contributed by atoms with E-state index in [9.17, 15) is 9.90 Å². The molecule has 0 saturated heterocycles. The third-order valence-electron chi connectivity index (χ3n) is 1.71. The van der Waals surface area contributed by atoms with Crippen LogP contribution in [0.1, 0.15) is 29.8 Å². The second kappa shape index (κ2) is 4.56. The van der Waals surface area contributed by atoms with E-state index in [4.69, 9.17) is 16.7 Å². The third-order valence-corrected chi connectivity index (χ3v) is 2.04. The Bertz CT molecular complexity index is 475. The van der Waals surface area contributed by atoms with Crippen molar-refractivity contribution in [2.24, 2.45) is 0 Å². The van der Waals surface area contributed by atoms with Gasteiger partial charge in [0.05, 0.1) is 10.6 Å². The Labute approximate surface area is 98.7 Å². The zero-order valence-electron chi connectivity index (χ0n) is 8.91. The highest BCUT2D eigenvalue weighted by atomic mass is 35.5. The van der Waals surface area contributed by atoms with E-state index < -0.39 is 11.6 Å². The standard InChI is InChI=1S/C12H11ClO3/c1-12(2,16)6-5-8-3-4-10(13)9(7-8)11(14)15/h3-4,7,16H,1-2H3,(H,14,15). The van der Waals surface area contributed by atoms with E-state index in [2.05, 4.69) is 11.8 Å². The van der Waals surface area contributed by atoms with Crippen molar-refractivity contribution < 1.29 is 15.0 Å². The molecule has 1 rings (SSSR count). The number of carbonyl (C=O) groups is 1. The lowest BCUT2D eigenvalue weighted by Gasteiger charge is -2.06. The highest BCUT2D eigenvalue weighted by molar-refractivity contribution is 6.33. The van der Waals surface area contributed by atoms with E-state index >= 15 is 0 Å². The Morgan fingerprint density at radius 3 is 2.56 bits per heavy atom. The Morgan fingerprint density at radius 1 is 1.44 bits per heavy atom. The van der Waals surface area contributed by atoms with Gasteiger partial charge in [0.1, 0.15) is 5.60 Å². The van der Waals surface area contributed by atoms with Gasteiger partial charge < -0.3 is 10.2 Å². The fourth-order valence-corrected chi connectivity index (χ4v) is 1.19. The Morgan fingerprint density at radius 2 is 2.06 bits per heavy atom. The van der Waals surface area contributed by atoms with Crippen LogP contribution in [0.5, 0.6) is 0 Å². The van der Waals surface area contributed by atoms with Crippen LogP contribution in [0, 0.1) is 11.8 Å². The van der Waals surface area contributed by atoms with Gasteiger partial charge in [-0.2, -0.15) is 0 Å². The lowest BCUT2D eigenvalue weighted by molar-refractivity contribution is 0.0697. The molecule has 0 aliphatic heterocycles. The van der Waals surface area contributed by atoms with Crippen molar-refractivity contribution in [3.63, 3.8) is 0 Å². The van der Waals surface area contributed by atoms with Crippen LogP contribution in [0.2, 0.25) is 5.02 Å². The van der Waals surface area contributed by atoms with E-state index in [-0.39, 0.29) is 10.6 Å². The average molecular weight is 239 g/mol. The molecule has 0 aromatic heterocycles. The van der Waals surface area contributed by atoms with Crippen LogP contribution in [-0.4, -0.2) is 21.8 Å². The Hall–Kier alpha value is -1.50. The fourth-order valence-electron chi connectivity index (χ4n) is 0.992. The number of carboxylic acid groups (broad SMARTS) is 1. The molecule has 2 N–H and O–H groups in total. The predicted octanol–water partition coefficient (Wildman–Crippen LogP) is 2.16. The number of aromatic carboxylic acids is 1. The first-order chi connectivity index (χ1) is 7.29. The van der Waals surface area contributed by atoms with Gasteiger partial charge in [0.2, 0.25) is 0 Å². The summed E-state index contributed by atoms with van der Waals surface area (Å²) >= 11 is 5.70. The van der Waals surface area contributed by atoms with Crippen LogP contribution in [0.15, 0.2) is 18.2 Å². The van der Waals surface area contributed by atoms with Crippen molar-refractivity contribution in [2.45, 2.75) is 19.4 Å². The predicted molar refractivity (Wildman–Crippen MR) is 61.6 cm³/mol. The molecule has 0 amide bonds. The van der Waals surface area contributed by atoms with Gasteiger partial charge in [-0.3, -0.25) is 0 Å². The Balaban J connectivity index is 3.13. The van der Waals surface area contributed by atoms with Gasteiger partial charge in [0, 0.05) is 5.56 Å². The van der Waals surface area contributed by atoms with Crippen LogP contribution in [0.4, 0.5) is 0 Å². The number of aliphatic hydroxyl groups is 1. The molecule has 0 unspecified atom stereocenters. The van der Waals surface area contributed by atoms with Gasteiger partial charge in [0.15, 0.2) is 0 Å². The number of halogens is 1. The molecule has 0 saturated carbocycles. The molecule has 3 nitrogen and oxygen atoms in total. The molecule has 0 spiro atoms. The summed E-state index contributed by atoms with van der Waals surface area (Å²) in [6, 6.07) is 4.45. The van der Waals surface area contributed by atoms with E-state index in [0.29, 0.717) is 5.56 Å². The van der Waals surface area contributed by atoms with Crippen molar-refractivity contribution in [1.29, 1.82) is 0 Å². The smallest absolute Gasteiger partial charge is 0.337 e. The van der Waals surface area contributed by atoms with Gasteiger partial charge in [0.25, 0.3) is 0 Å². The molecular weight excluding hydrogens is 228 g/mol. The van der Waals surface area contributed by atoms with Crippen LogP contribution >= 0.6 is 11.6 Å². The van der Waals surface area contributed by atoms with Gasteiger partial charge >= 0.3 is 5.97 Å². The van der Waals surface area contributed by atoms with E-state index in [1.165, 1.54) is 12.1 Å². The van der Waals surface area contributed by atoms with Gasteiger partial charge in [-0.15, -0.1) is 0 Å². The molecular formula is C12H11ClO3. The number of rotatable bonds is 1. The van der Waals surface area contributed by atoms with Crippen molar-refractivity contribution in [3.05, 3.63) is 34.3 Å². The normalized spacial score (nSPS) is 10.5. The molecule has 0 fully saturated rings. The molecule has 4 heteroatoms. The fraction of sp³-hybridized carbons (Fsp3) is 0.250. The van der Waals surface area contributed by atoms with Crippen molar-refractivity contribution in [3.8, 4) is 11.8 Å². The van der Waals surface area contributed by atoms with E-state index in [1.807, 2.05) is 0 Å². The van der Waals surface area contributed by atoms with Crippen LogP contribution < -0.4 is 0 Å². The molecule has 16 heavy (non-hydrogen) atoms. The number of carboxylic acids is 1. The molecule has 84 valence electrons. The molecule has 0 radical (unpaired) electrons. The minimum atomic E-state index is -1.11. The minimum absolute atomic E-state index is 0.00390. The first-order valence-corrected chi connectivity index (χ1v) is 4.96. The van der Waals surface area contributed by atoms with Crippen molar-refractivity contribution in [2.75, 3.05) is 0 Å². The second-order valence-corrected chi connectivity index (χ2v) is 4.22. The van der Waals surface area contributed by atoms with Crippen LogP contribution in [-0.2, 0) is 0 Å². The third kappa shape index (κ3) is 3.58. The maximum Gasteiger partial charge on any atom is 0.337 e. The van der Waals surface area contributed by atoms with Gasteiger partial charge in [-0.05, 0) is 32.0 Å². The Kier molecular flexibility index (Phi) is 3.58. The van der Waals surface area contributed by atoms with E-state index in [1.54, 1.807) is 19.9 Å². The van der Waals surface area contributed by atoms with Crippen molar-refractivity contribution >= 4 is 17.6 Å². The van der Waals surface area contributed by atoms with Gasteiger partial charge in [-0.1, -0.05) is 23.4 Å². The van der Waals surface area contributed by atoms with Crippen molar-refractivity contribution in [1.82, 2.24) is 0 Å². The monoisotopic (exact) mass is 238 g/mol. The van der Waals surface area contributed by atoms with Crippen LogP contribution in [0.25, 0.3) is 0 Å². The molecule has 0 heterocycles. The van der Waals surface area contributed by atoms with Crippen LogP contribution in [0.3, 0.4) is 0 Å². The zero-order valence-corrected chi connectivity index (χ0v) is 9.67. The first kappa shape index (κ1) is 12.6. The number of hydrogen-bond donors (Lipinski definition) is 2. The molecule has 0 aliphatic carbocycles. The lowest BCUT2D eigenvalue weighted by Crippen LogP contribution is -2.14. The molecule has 0 bridgehead atoms. The average Bonchev–Trinajstić information content (AvgIpc) is 2.14. The summed E-state index contributed by atoms with van der Waals surface area (Å²) in [4.78, 5) is 10.8. The second-order valence-electron chi connectivity index (χ2n) is 3.81. The maximum atomic E-state index is 10.8. The first-order valence-electron chi connectivity index (χ1n) is 4.58. The largest absolute Gasteiger partial charge is 0.478 e. The highest BCUT2D eigenvalue weighted by Crippen LogP contribution is 2.17. The quantitative estimate of drug-likeness (QED) is 0.738. The summed E-state index contributed by atoms with van der Waals surface area (Å²) < 4.78 is 0. The van der Waals surface area contributed by atoms with Gasteiger partial charge in [-0.25, -0.2) is 4.79 Å². The molecule has 0 aliphatic rings. The topological polar surface area (TPSA) is 57.5 Å². The summed E-state index contributed by atoms with van der Waals surface area (Å²) in [5, 5.41) is 18.4. The highest BCUT2D eigenvalue weighted by Gasteiger charge is 2.09. The molecule has 0 atom stereocenters. The SMILES string of the molecule is CC(C)(O)C#Cc1ccc(Cl)c(C(=O)O)c1. The number of hydrogen-bond acceptors (Lipinski definition) is 2. The maximum absolute atomic E-state index is 10.8. The number of benzene rings is 1. The summed E-state index contributed by atoms with van der Waals surface area (Å²) in [7, 11) is 0. The lowest BCUT2D eigenvalue weighted by atomic mass is 10.1. The molecule has 1 aromatic carbocycles. The summed E-state index contributed by atoms with van der Waals surface area (Å²) in [6.07, 6.45) is 0. The van der Waals surface area contributed by atoms with E-state index in [0.717, 1.165) is 0 Å². The summed E-state index contributed by atoms with van der Waals surface area (Å²) in [5.74, 6) is 4.18. The minimum Gasteiger partial charge on any atom is -0.478 e. The zero-order chi connectivity index (χ0) is 12.3. The summed E-state index contributed by atoms with van der Waals surface area (Å²) in [5.41, 5.74) is -0.601.